The van der Waals surface area contributed by atoms with Gasteiger partial charge in [0.25, 0.3) is 0 Å². The van der Waals surface area contributed by atoms with Crippen LogP contribution in [0, 0.1) is 17.8 Å². The molecule has 2 bridgehead atoms. The number of cyclic esters (lactones) is 1. The summed E-state index contributed by atoms with van der Waals surface area (Å²) in [7, 11) is 5.33. The third-order valence-electron chi connectivity index (χ3n) is 11.9. The van der Waals surface area contributed by atoms with E-state index in [1.165, 1.54) is 14.0 Å². The lowest BCUT2D eigenvalue weighted by Gasteiger charge is -2.48. The van der Waals surface area contributed by atoms with Gasteiger partial charge in [-0.15, -0.1) is 0 Å². The second kappa shape index (κ2) is 16.1. The van der Waals surface area contributed by atoms with E-state index in [9.17, 15) is 25.2 Å². The molecule has 0 aromatic carbocycles. The van der Waals surface area contributed by atoms with Crippen LogP contribution in [-0.4, -0.2) is 149 Å². The number of hydrogen-bond acceptors (Lipinski definition) is 14. The molecule has 0 amide bonds. The van der Waals surface area contributed by atoms with Gasteiger partial charge in [-0.05, 0) is 75.4 Å². The summed E-state index contributed by atoms with van der Waals surface area (Å²) >= 11 is 0. The maximum Gasteiger partial charge on any atom is 0.311 e. The summed E-state index contributed by atoms with van der Waals surface area (Å²) in [6.45, 7) is 17.8. The van der Waals surface area contributed by atoms with Crippen molar-refractivity contribution in [1.29, 1.82) is 0 Å². The van der Waals surface area contributed by atoms with E-state index in [0.29, 0.717) is 18.7 Å². The van der Waals surface area contributed by atoms with E-state index in [2.05, 4.69) is 0 Å². The van der Waals surface area contributed by atoms with Gasteiger partial charge in [0, 0.05) is 37.8 Å². The predicted octanol–water partition coefficient (Wildman–Crippen LogP) is 2.41. The number of aliphatic hydroxyl groups excluding tert-OH is 3. The molecule has 18 atom stereocenters. The van der Waals surface area contributed by atoms with Gasteiger partial charge in [0.1, 0.15) is 41.7 Å². The number of carbonyl (C=O) groups excluding carboxylic acids is 1. The van der Waals surface area contributed by atoms with Crippen LogP contribution in [0.5, 0.6) is 0 Å². The summed E-state index contributed by atoms with van der Waals surface area (Å²) < 4.78 is 44.5. The molecule has 3 saturated heterocycles. The number of methoxy groups -OCH3 is 1. The number of aliphatic hydroxyl groups is 4. The first-order chi connectivity index (χ1) is 23.6. The topological polar surface area (TPSA) is 178 Å². The lowest BCUT2D eigenvalue weighted by molar-refractivity contribution is -0.315. The molecule has 0 saturated carbocycles. The summed E-state index contributed by atoms with van der Waals surface area (Å²) in [6.07, 6.45) is -7.53. The van der Waals surface area contributed by atoms with Crippen LogP contribution in [0.3, 0.4) is 0 Å². The Balaban J connectivity index is 1.85. The van der Waals surface area contributed by atoms with Gasteiger partial charge in [-0.3, -0.25) is 4.79 Å². The van der Waals surface area contributed by atoms with Crippen molar-refractivity contribution in [2.24, 2.45) is 22.7 Å². The van der Waals surface area contributed by atoms with Crippen molar-refractivity contribution < 1.29 is 58.4 Å². The van der Waals surface area contributed by atoms with Crippen molar-refractivity contribution in [2.75, 3.05) is 21.2 Å². The quantitative estimate of drug-likeness (QED) is 0.281. The van der Waals surface area contributed by atoms with Crippen molar-refractivity contribution in [1.82, 2.24) is 4.90 Å². The van der Waals surface area contributed by atoms with Crippen LogP contribution >= 0.6 is 0 Å². The van der Waals surface area contributed by atoms with Crippen LogP contribution in [0.2, 0.25) is 0 Å². The van der Waals surface area contributed by atoms with Gasteiger partial charge >= 0.3 is 5.97 Å². The van der Waals surface area contributed by atoms with E-state index in [4.69, 9.17) is 38.2 Å². The SMILES string of the molecule is CC[C@H]1OC(=O)[C@H](C)[C@@H](O[C@@H]2C[C@](C)(OC)[C@H](O)[C@@H](C)O2)[C@H](C)[C@@H](O[C@@H]2O[C@H](C)C[C@@H](N(C)C)[C@H]2O)[C@]2(C)C[C@@H](C)C(=N[C@H](C)[C@@H](O)[C@]1(C)O)O2. The molecular formula is C37H66N2O12. The number of fused-ring (bicyclic) bond motifs is 2. The molecule has 0 aromatic heterocycles. The van der Waals surface area contributed by atoms with Crippen LogP contribution in [0.1, 0.15) is 94.9 Å². The first-order valence-electron chi connectivity index (χ1n) is 18.7. The number of carbonyl (C=O) groups is 1. The Bertz CT molecular complexity index is 1220. The van der Waals surface area contributed by atoms with Crippen molar-refractivity contribution in [3.8, 4) is 0 Å². The zero-order valence-electron chi connectivity index (χ0n) is 32.9. The molecule has 0 aromatic rings. The number of ether oxygens (including phenoxy) is 7. The van der Waals surface area contributed by atoms with Crippen LogP contribution < -0.4 is 0 Å². The van der Waals surface area contributed by atoms with Crippen LogP contribution in [0.15, 0.2) is 4.99 Å². The molecule has 4 N–H and O–H groups in total. The second-order valence-corrected chi connectivity index (χ2v) is 16.5. The molecule has 4 aliphatic rings. The lowest BCUT2D eigenvalue weighted by Crippen LogP contribution is -2.60. The number of esters is 1. The summed E-state index contributed by atoms with van der Waals surface area (Å²) in [4.78, 5) is 20.9. The Morgan fingerprint density at radius 1 is 0.961 bits per heavy atom. The van der Waals surface area contributed by atoms with Crippen molar-refractivity contribution >= 4 is 11.9 Å². The van der Waals surface area contributed by atoms with E-state index >= 15 is 0 Å². The molecule has 0 unspecified atom stereocenters. The molecule has 14 nitrogen and oxygen atoms in total. The van der Waals surface area contributed by atoms with Crippen molar-refractivity contribution in [3.63, 3.8) is 0 Å². The molecule has 0 radical (unpaired) electrons. The standard InChI is InChI=1S/C37H66N2O12/c1-14-25-37(10,44)29(41)22(6)38-32-18(2)16-36(9,51-32)31(50-34-27(40)24(39(11)12)15-19(3)46-34)20(4)28(21(5)33(43)48-25)49-26-17-35(8,45-13)30(42)23(7)47-26/h18-31,34,40-42,44H,14-17H2,1-13H3/t18-,19-,20+,21-,22-,23-,24-,25-,26-,27-,28+,29-,30-,31-,34+,35+,36+,37-/m1/s1. The van der Waals surface area contributed by atoms with Gasteiger partial charge in [0.2, 0.25) is 0 Å². The Kier molecular flexibility index (Phi) is 13.4. The van der Waals surface area contributed by atoms with E-state index < -0.39 is 96.0 Å². The maximum absolute atomic E-state index is 14.2. The smallest absolute Gasteiger partial charge is 0.311 e. The van der Waals surface area contributed by atoms with Gasteiger partial charge in [-0.2, -0.15) is 0 Å². The van der Waals surface area contributed by atoms with E-state index in [-0.39, 0.29) is 30.9 Å². The number of likely N-dealkylation sites (N-methyl/N-ethyl adjacent to an activating group) is 1. The van der Waals surface area contributed by atoms with Gasteiger partial charge in [-0.1, -0.05) is 20.8 Å². The Labute approximate surface area is 304 Å². The number of rotatable bonds is 7. The van der Waals surface area contributed by atoms with Crippen LogP contribution in [0.25, 0.3) is 0 Å². The molecule has 0 spiro atoms. The van der Waals surface area contributed by atoms with Gasteiger partial charge in [-0.25, -0.2) is 4.99 Å². The minimum Gasteiger partial charge on any atom is -0.472 e. The highest BCUT2D eigenvalue weighted by atomic mass is 16.7. The monoisotopic (exact) mass is 730 g/mol. The highest BCUT2D eigenvalue weighted by Crippen LogP contribution is 2.44. The molecule has 51 heavy (non-hydrogen) atoms. The minimum absolute atomic E-state index is 0.163. The molecule has 296 valence electrons. The van der Waals surface area contributed by atoms with Crippen molar-refractivity contribution in [3.05, 3.63) is 0 Å². The first-order valence-corrected chi connectivity index (χ1v) is 18.7. The molecule has 0 aliphatic carbocycles. The summed E-state index contributed by atoms with van der Waals surface area (Å²) in [5.74, 6) is -2.03. The third-order valence-corrected chi connectivity index (χ3v) is 11.9. The summed E-state index contributed by atoms with van der Waals surface area (Å²) in [5, 5.41) is 45.5. The molecule has 4 rings (SSSR count). The van der Waals surface area contributed by atoms with Crippen LogP contribution in [0.4, 0.5) is 0 Å². The highest BCUT2D eigenvalue weighted by molar-refractivity contribution is 5.81. The van der Waals surface area contributed by atoms with E-state index in [1.807, 2.05) is 46.7 Å². The summed E-state index contributed by atoms with van der Waals surface area (Å²) in [6, 6.07) is -1.04. The maximum atomic E-state index is 14.2. The zero-order valence-corrected chi connectivity index (χ0v) is 32.9. The molecule has 4 aliphatic heterocycles. The van der Waals surface area contributed by atoms with Gasteiger partial charge in [0.15, 0.2) is 18.5 Å². The third kappa shape index (κ3) is 8.60. The largest absolute Gasteiger partial charge is 0.472 e. The average Bonchev–Trinajstić information content (AvgIpc) is 3.35. The molecular weight excluding hydrogens is 664 g/mol. The Morgan fingerprint density at radius 2 is 1.61 bits per heavy atom. The minimum atomic E-state index is -1.84. The second-order valence-electron chi connectivity index (χ2n) is 16.5. The molecule has 4 heterocycles. The van der Waals surface area contributed by atoms with Gasteiger partial charge < -0.3 is 58.5 Å². The van der Waals surface area contributed by atoms with Crippen LogP contribution in [-0.2, 0) is 38.0 Å². The van der Waals surface area contributed by atoms with E-state index in [1.54, 1.807) is 34.6 Å². The predicted molar refractivity (Wildman–Crippen MR) is 188 cm³/mol. The summed E-state index contributed by atoms with van der Waals surface area (Å²) in [5.41, 5.74) is -3.91. The first kappa shape index (κ1) is 42.3. The average molecular weight is 731 g/mol. The number of hydrogen-bond donors (Lipinski definition) is 4. The Morgan fingerprint density at radius 3 is 2.20 bits per heavy atom. The fraction of sp³-hybridized carbons (Fsp3) is 0.946. The highest BCUT2D eigenvalue weighted by Gasteiger charge is 2.56. The fourth-order valence-electron chi connectivity index (χ4n) is 8.61. The van der Waals surface area contributed by atoms with E-state index in [0.717, 1.165) is 0 Å². The molecule has 14 heteroatoms. The zero-order chi connectivity index (χ0) is 38.4. The number of aliphatic imine (C=N–C) groups is 1. The molecule has 3 fully saturated rings. The number of nitrogens with zero attached hydrogens (tertiary/aromatic N) is 2. The normalized spacial score (nSPS) is 50.3. The van der Waals surface area contributed by atoms with Crippen molar-refractivity contribution in [2.45, 2.75) is 185 Å². The Hall–Kier alpha value is -1.46. The lowest BCUT2D eigenvalue weighted by atomic mass is 9.79. The van der Waals surface area contributed by atoms with Gasteiger partial charge in [0.05, 0.1) is 35.9 Å². The fourth-order valence-corrected chi connectivity index (χ4v) is 8.61.